The van der Waals surface area contributed by atoms with Crippen LogP contribution in [0.4, 0.5) is 5.69 Å². The van der Waals surface area contributed by atoms with E-state index in [1.54, 1.807) is 6.07 Å². The van der Waals surface area contributed by atoms with E-state index in [-0.39, 0.29) is 11.5 Å². The molecule has 30 heavy (non-hydrogen) atoms. The minimum atomic E-state index is -0.439. The van der Waals surface area contributed by atoms with E-state index in [2.05, 4.69) is 66.2 Å². The maximum atomic E-state index is 11.9. The molecule has 4 nitrogen and oxygen atoms in total. The van der Waals surface area contributed by atoms with Gasteiger partial charge < -0.3 is 9.88 Å². The molecule has 0 fully saturated rings. The van der Waals surface area contributed by atoms with E-state index in [1.807, 2.05) is 32.5 Å². The van der Waals surface area contributed by atoms with E-state index < -0.39 is 5.54 Å². The van der Waals surface area contributed by atoms with Gasteiger partial charge >= 0.3 is 0 Å². The Hall–Kier alpha value is -3.14. The summed E-state index contributed by atoms with van der Waals surface area (Å²) in [5.41, 5.74) is 6.64. The molecule has 1 heterocycles. The number of aliphatic imine (C=N–C) groups is 1. The van der Waals surface area contributed by atoms with Gasteiger partial charge in [0.1, 0.15) is 5.54 Å². The van der Waals surface area contributed by atoms with Crippen molar-refractivity contribution in [3.63, 3.8) is 0 Å². The summed E-state index contributed by atoms with van der Waals surface area (Å²) in [4.78, 5) is 22.2. The van der Waals surface area contributed by atoms with Crippen LogP contribution in [0.3, 0.4) is 0 Å². The molecule has 2 aliphatic rings. The van der Waals surface area contributed by atoms with E-state index in [9.17, 15) is 4.79 Å². The smallest absolute Gasteiger partial charge is 0.248 e. The summed E-state index contributed by atoms with van der Waals surface area (Å²) in [6.07, 6.45) is 12.2. The second kappa shape index (κ2) is 7.94. The fraction of sp³-hybridized carbons (Fsp3) is 0.308. The molecule has 2 aromatic rings. The van der Waals surface area contributed by atoms with Gasteiger partial charge in [0.2, 0.25) is 5.56 Å². The molecule has 2 aliphatic carbocycles. The summed E-state index contributed by atoms with van der Waals surface area (Å²) in [5.74, 6) is 0.284. The van der Waals surface area contributed by atoms with Gasteiger partial charge in [-0.3, -0.25) is 9.79 Å². The molecule has 1 N–H and O–H groups in total. The molecule has 1 aromatic carbocycles. The highest BCUT2D eigenvalue weighted by Crippen LogP contribution is 2.51. The number of H-pyrrole nitrogens is 1. The fourth-order valence-corrected chi connectivity index (χ4v) is 4.88. The number of hydrogen-bond acceptors (Lipinski definition) is 3. The molecular weight excluding hydrogens is 370 g/mol. The molecule has 0 radical (unpaired) electrons. The predicted octanol–water partition coefficient (Wildman–Crippen LogP) is 4.89. The van der Waals surface area contributed by atoms with E-state index >= 15 is 0 Å². The van der Waals surface area contributed by atoms with E-state index in [4.69, 9.17) is 4.99 Å². The topological polar surface area (TPSA) is 48.5 Å². The summed E-state index contributed by atoms with van der Waals surface area (Å²) in [5, 5.41) is 0. The fourth-order valence-electron chi connectivity index (χ4n) is 4.88. The monoisotopic (exact) mass is 399 g/mol. The van der Waals surface area contributed by atoms with Crippen LogP contribution in [0.5, 0.6) is 0 Å². The van der Waals surface area contributed by atoms with Gasteiger partial charge in [-0.1, -0.05) is 35.9 Å². The molecule has 0 spiro atoms. The summed E-state index contributed by atoms with van der Waals surface area (Å²) in [6.45, 7) is 4.28. The largest absolute Gasteiger partial charge is 0.378 e. The minimum Gasteiger partial charge on any atom is -0.378 e. The third kappa shape index (κ3) is 3.58. The van der Waals surface area contributed by atoms with Gasteiger partial charge in [-0.05, 0) is 55.7 Å². The second-order valence-electron chi connectivity index (χ2n) is 8.45. The van der Waals surface area contributed by atoms with Crippen molar-refractivity contribution in [2.75, 3.05) is 19.0 Å². The standard InChI is InChI=1S/C26H29N3O/c1-5-22-20-14-18(2)17-26(22,23-11-12-25(30)28-24(23)16-20)27-13-7-9-19-8-6-10-21(15-19)29(3)4/h5-15,20H,16-17H2,1-4H3,(H,28,30)/b9-7+,22-5+,27-13+/t20-,26+/m0/s1. The summed E-state index contributed by atoms with van der Waals surface area (Å²) in [6, 6.07) is 12.0. The van der Waals surface area contributed by atoms with Crippen molar-refractivity contribution in [2.45, 2.75) is 32.2 Å². The van der Waals surface area contributed by atoms with Gasteiger partial charge in [-0.25, -0.2) is 0 Å². The Morgan fingerprint density at radius 3 is 2.83 bits per heavy atom. The lowest BCUT2D eigenvalue weighted by Crippen LogP contribution is -2.40. The van der Waals surface area contributed by atoms with Crippen LogP contribution in [-0.2, 0) is 12.0 Å². The number of aromatic amines is 1. The Labute approximate surface area is 178 Å². The maximum absolute atomic E-state index is 11.9. The number of nitrogens with zero attached hydrogens (tertiary/aromatic N) is 2. The lowest BCUT2D eigenvalue weighted by Gasteiger charge is -2.45. The highest BCUT2D eigenvalue weighted by molar-refractivity contribution is 5.80. The zero-order valence-electron chi connectivity index (χ0n) is 18.1. The molecule has 0 aliphatic heterocycles. The first-order chi connectivity index (χ1) is 14.4. The van der Waals surface area contributed by atoms with Crippen molar-refractivity contribution >= 4 is 18.0 Å². The highest BCUT2D eigenvalue weighted by Gasteiger charge is 2.46. The number of fused-ring (bicyclic) bond motifs is 4. The van der Waals surface area contributed by atoms with E-state index in [0.717, 1.165) is 29.7 Å². The molecular formula is C26H29N3O. The number of nitrogens with one attached hydrogen (secondary N) is 1. The molecule has 0 saturated carbocycles. The average molecular weight is 400 g/mol. The van der Waals surface area contributed by atoms with Crippen LogP contribution >= 0.6 is 0 Å². The highest BCUT2D eigenvalue weighted by atomic mass is 16.1. The Morgan fingerprint density at radius 1 is 1.23 bits per heavy atom. The van der Waals surface area contributed by atoms with Crippen molar-refractivity contribution < 1.29 is 0 Å². The number of benzene rings is 1. The number of rotatable bonds is 4. The Kier molecular flexibility index (Phi) is 5.33. The van der Waals surface area contributed by atoms with Gasteiger partial charge in [0, 0.05) is 55.7 Å². The van der Waals surface area contributed by atoms with Gasteiger partial charge in [0.25, 0.3) is 0 Å². The van der Waals surface area contributed by atoms with Crippen LogP contribution in [-0.4, -0.2) is 25.3 Å². The second-order valence-corrected chi connectivity index (χ2v) is 8.45. The molecule has 2 atom stereocenters. The maximum Gasteiger partial charge on any atom is 0.248 e. The Balaban J connectivity index is 1.73. The quantitative estimate of drug-likeness (QED) is 0.588. The van der Waals surface area contributed by atoms with Crippen LogP contribution in [0, 0.1) is 5.92 Å². The third-order valence-corrected chi connectivity index (χ3v) is 6.13. The van der Waals surface area contributed by atoms with Crippen LogP contribution in [0.1, 0.15) is 37.1 Å². The zero-order chi connectivity index (χ0) is 21.3. The summed E-state index contributed by atoms with van der Waals surface area (Å²) >= 11 is 0. The summed E-state index contributed by atoms with van der Waals surface area (Å²) < 4.78 is 0. The molecule has 0 saturated heterocycles. The van der Waals surface area contributed by atoms with Gasteiger partial charge in [-0.2, -0.15) is 0 Å². The Bertz CT molecular complexity index is 1130. The Morgan fingerprint density at radius 2 is 2.07 bits per heavy atom. The molecule has 4 rings (SSSR count). The molecule has 154 valence electrons. The third-order valence-electron chi connectivity index (χ3n) is 6.13. The number of allylic oxidation sites excluding steroid dienone is 3. The van der Waals surface area contributed by atoms with Gasteiger partial charge in [-0.15, -0.1) is 0 Å². The first-order valence-electron chi connectivity index (χ1n) is 10.5. The number of pyridine rings is 1. The lowest BCUT2D eigenvalue weighted by atomic mass is 9.63. The van der Waals surface area contributed by atoms with E-state index in [0.29, 0.717) is 0 Å². The molecule has 0 amide bonds. The SMILES string of the molecule is C/C=C1\[C@H]2C=C(C)C[C@]1(/N=C/C=C/c1cccc(N(C)C)c1)c1ccc(=O)[nH]c1C2. The van der Waals surface area contributed by atoms with Crippen molar-refractivity contribution in [1.82, 2.24) is 4.98 Å². The number of anilines is 1. The van der Waals surface area contributed by atoms with Crippen LogP contribution in [0.15, 0.2) is 75.6 Å². The zero-order valence-corrected chi connectivity index (χ0v) is 18.1. The van der Waals surface area contributed by atoms with Crippen LogP contribution < -0.4 is 10.5 Å². The van der Waals surface area contributed by atoms with Crippen molar-refractivity contribution in [3.05, 3.63) is 92.9 Å². The minimum absolute atomic E-state index is 0.0451. The van der Waals surface area contributed by atoms with Gasteiger partial charge in [0.15, 0.2) is 0 Å². The van der Waals surface area contributed by atoms with Crippen LogP contribution in [0.2, 0.25) is 0 Å². The van der Waals surface area contributed by atoms with Crippen LogP contribution in [0.25, 0.3) is 6.08 Å². The van der Waals surface area contributed by atoms with Crippen molar-refractivity contribution in [3.8, 4) is 0 Å². The van der Waals surface area contributed by atoms with Crippen molar-refractivity contribution in [1.29, 1.82) is 0 Å². The molecule has 2 bridgehead atoms. The van der Waals surface area contributed by atoms with E-state index in [1.165, 1.54) is 16.8 Å². The lowest BCUT2D eigenvalue weighted by molar-refractivity contribution is 0.413. The average Bonchev–Trinajstić information content (AvgIpc) is 2.70. The first-order valence-corrected chi connectivity index (χ1v) is 10.5. The predicted molar refractivity (Wildman–Crippen MR) is 126 cm³/mol. The van der Waals surface area contributed by atoms with Crippen molar-refractivity contribution in [2.24, 2.45) is 10.9 Å². The molecule has 1 aromatic heterocycles. The normalized spacial score (nSPS) is 24.3. The number of hydrogen-bond donors (Lipinski definition) is 1. The molecule has 4 heteroatoms. The van der Waals surface area contributed by atoms with Gasteiger partial charge in [0.05, 0.1) is 0 Å². The summed E-state index contributed by atoms with van der Waals surface area (Å²) in [7, 11) is 4.09. The molecule has 0 unspecified atom stereocenters. The number of aromatic nitrogens is 1. The first kappa shape index (κ1) is 20.1.